The summed E-state index contributed by atoms with van der Waals surface area (Å²) in [5.74, 6) is 1.16. The number of amides is 2. The fourth-order valence-corrected chi connectivity index (χ4v) is 2.63. The molecule has 0 fully saturated rings. The Morgan fingerprint density at radius 3 is 2.56 bits per heavy atom. The zero-order chi connectivity index (χ0) is 19.6. The summed E-state index contributed by atoms with van der Waals surface area (Å²) >= 11 is 0. The first-order valence-electron chi connectivity index (χ1n) is 8.96. The highest BCUT2D eigenvalue weighted by molar-refractivity contribution is 5.97. The van der Waals surface area contributed by atoms with Crippen LogP contribution in [-0.4, -0.2) is 32.6 Å². The van der Waals surface area contributed by atoms with Gasteiger partial charge in [0.25, 0.3) is 5.91 Å². The molecule has 0 aliphatic heterocycles. The van der Waals surface area contributed by atoms with Crippen molar-refractivity contribution in [2.75, 3.05) is 26.1 Å². The van der Waals surface area contributed by atoms with Gasteiger partial charge in [-0.2, -0.15) is 0 Å². The average molecular weight is 370 g/mol. The third kappa shape index (κ3) is 6.02. The number of hydrogen-bond donors (Lipinski definition) is 2. The Kier molecular flexibility index (Phi) is 7.67. The van der Waals surface area contributed by atoms with E-state index in [4.69, 9.17) is 9.47 Å². The second-order valence-corrected chi connectivity index (χ2v) is 6.06. The summed E-state index contributed by atoms with van der Waals surface area (Å²) in [6.45, 7) is 2.62. The Balaban J connectivity index is 1.97. The Morgan fingerprint density at radius 2 is 1.85 bits per heavy atom. The lowest BCUT2D eigenvalue weighted by molar-refractivity contribution is -0.116. The maximum absolute atomic E-state index is 12.3. The number of rotatable bonds is 9. The van der Waals surface area contributed by atoms with Crippen LogP contribution in [0.15, 0.2) is 42.5 Å². The molecule has 0 radical (unpaired) electrons. The summed E-state index contributed by atoms with van der Waals surface area (Å²) in [6.07, 6.45) is 1.68. The molecule has 0 atom stereocenters. The van der Waals surface area contributed by atoms with Crippen molar-refractivity contribution in [2.24, 2.45) is 0 Å². The zero-order valence-corrected chi connectivity index (χ0v) is 16.0. The first-order chi connectivity index (χ1) is 13.1. The molecule has 144 valence electrons. The van der Waals surface area contributed by atoms with Gasteiger partial charge in [0, 0.05) is 24.2 Å². The van der Waals surface area contributed by atoms with Crippen molar-refractivity contribution < 1.29 is 19.1 Å². The lowest BCUT2D eigenvalue weighted by Gasteiger charge is -2.11. The smallest absolute Gasteiger partial charge is 0.251 e. The molecule has 6 nitrogen and oxygen atoms in total. The van der Waals surface area contributed by atoms with Gasteiger partial charge < -0.3 is 20.1 Å². The first kappa shape index (κ1) is 20.3. The monoisotopic (exact) mass is 370 g/mol. The van der Waals surface area contributed by atoms with E-state index in [1.165, 1.54) is 0 Å². The number of anilines is 1. The maximum Gasteiger partial charge on any atom is 0.251 e. The van der Waals surface area contributed by atoms with E-state index in [0.29, 0.717) is 24.2 Å². The number of methoxy groups -OCH3 is 2. The predicted molar refractivity (Wildman–Crippen MR) is 106 cm³/mol. The molecule has 2 amide bonds. The summed E-state index contributed by atoms with van der Waals surface area (Å²) in [5, 5.41) is 5.66. The lowest BCUT2D eigenvalue weighted by Crippen LogP contribution is -2.24. The minimum atomic E-state index is -0.144. The average Bonchev–Trinajstić information content (AvgIpc) is 2.70. The van der Waals surface area contributed by atoms with Gasteiger partial charge in [-0.15, -0.1) is 0 Å². The van der Waals surface area contributed by atoms with Crippen molar-refractivity contribution in [3.05, 3.63) is 53.6 Å². The number of carbonyl (C=O) groups excluding carboxylic acids is 2. The van der Waals surface area contributed by atoms with Crippen LogP contribution in [0.2, 0.25) is 0 Å². The molecule has 0 saturated heterocycles. The fraction of sp³-hybridized carbons (Fsp3) is 0.333. The summed E-state index contributed by atoms with van der Waals surface area (Å²) in [5.41, 5.74) is 2.03. The number of ether oxygens (including phenoxy) is 2. The molecule has 27 heavy (non-hydrogen) atoms. The molecule has 2 N–H and O–H groups in total. The molecule has 2 rings (SSSR count). The standard InChI is InChI=1S/C21H26N2O4/c1-4-12-22-21(25)16-6-5-7-17(13-16)23-20(24)11-8-15-14-18(26-2)9-10-19(15)27-3/h5-7,9-10,13-14H,4,8,11-12H2,1-3H3,(H,22,25)(H,23,24). The van der Waals surface area contributed by atoms with Crippen molar-refractivity contribution in [3.8, 4) is 11.5 Å². The molecule has 2 aromatic carbocycles. The Bertz CT molecular complexity index is 790. The second kappa shape index (κ2) is 10.2. The molecule has 0 aliphatic rings. The highest BCUT2D eigenvalue weighted by Gasteiger charge is 2.10. The zero-order valence-electron chi connectivity index (χ0n) is 16.0. The highest BCUT2D eigenvalue weighted by Crippen LogP contribution is 2.25. The largest absolute Gasteiger partial charge is 0.497 e. The molecule has 0 spiro atoms. The molecular weight excluding hydrogens is 344 g/mol. The van der Waals surface area contributed by atoms with Crippen LogP contribution < -0.4 is 20.1 Å². The molecule has 0 bridgehead atoms. The molecule has 0 aliphatic carbocycles. The van der Waals surface area contributed by atoms with Crippen molar-refractivity contribution >= 4 is 17.5 Å². The van der Waals surface area contributed by atoms with Crippen LogP contribution >= 0.6 is 0 Å². The van der Waals surface area contributed by atoms with Gasteiger partial charge in [0.2, 0.25) is 5.91 Å². The SMILES string of the molecule is CCCNC(=O)c1cccc(NC(=O)CCc2cc(OC)ccc2OC)c1. The maximum atomic E-state index is 12.3. The van der Waals surface area contributed by atoms with Gasteiger partial charge in [0.1, 0.15) is 11.5 Å². The Labute approximate surface area is 159 Å². The molecule has 0 heterocycles. The third-order valence-electron chi connectivity index (χ3n) is 4.05. The number of hydrogen-bond acceptors (Lipinski definition) is 4. The number of benzene rings is 2. The van der Waals surface area contributed by atoms with Crippen molar-refractivity contribution in [1.29, 1.82) is 0 Å². The Morgan fingerprint density at radius 1 is 1.04 bits per heavy atom. The van der Waals surface area contributed by atoms with Gasteiger partial charge >= 0.3 is 0 Å². The summed E-state index contributed by atoms with van der Waals surface area (Å²) in [7, 11) is 3.20. The van der Waals surface area contributed by atoms with Crippen LogP contribution in [0.3, 0.4) is 0 Å². The minimum Gasteiger partial charge on any atom is -0.497 e. The minimum absolute atomic E-state index is 0.133. The van der Waals surface area contributed by atoms with E-state index in [2.05, 4.69) is 10.6 Å². The van der Waals surface area contributed by atoms with Crippen LogP contribution in [0.25, 0.3) is 0 Å². The molecule has 6 heteroatoms. The summed E-state index contributed by atoms with van der Waals surface area (Å²) < 4.78 is 10.6. The van der Waals surface area contributed by atoms with Gasteiger partial charge in [0.15, 0.2) is 0 Å². The topological polar surface area (TPSA) is 76.7 Å². The van der Waals surface area contributed by atoms with Crippen molar-refractivity contribution in [1.82, 2.24) is 5.32 Å². The predicted octanol–water partition coefficient (Wildman–Crippen LogP) is 3.41. The van der Waals surface area contributed by atoms with Crippen LogP contribution in [0.4, 0.5) is 5.69 Å². The van der Waals surface area contributed by atoms with E-state index < -0.39 is 0 Å². The van der Waals surface area contributed by atoms with Gasteiger partial charge in [-0.1, -0.05) is 13.0 Å². The van der Waals surface area contributed by atoms with E-state index in [-0.39, 0.29) is 18.2 Å². The number of carbonyl (C=O) groups is 2. The van der Waals surface area contributed by atoms with E-state index in [9.17, 15) is 9.59 Å². The van der Waals surface area contributed by atoms with Gasteiger partial charge in [-0.05, 0) is 54.8 Å². The highest BCUT2D eigenvalue weighted by atomic mass is 16.5. The van der Waals surface area contributed by atoms with Crippen LogP contribution in [0.5, 0.6) is 11.5 Å². The lowest BCUT2D eigenvalue weighted by atomic mass is 10.1. The van der Waals surface area contributed by atoms with Crippen LogP contribution in [0, 0.1) is 0 Å². The van der Waals surface area contributed by atoms with E-state index >= 15 is 0 Å². The fourth-order valence-electron chi connectivity index (χ4n) is 2.63. The molecule has 2 aromatic rings. The first-order valence-corrected chi connectivity index (χ1v) is 8.96. The second-order valence-electron chi connectivity index (χ2n) is 6.06. The third-order valence-corrected chi connectivity index (χ3v) is 4.05. The van der Waals surface area contributed by atoms with E-state index in [0.717, 1.165) is 23.5 Å². The van der Waals surface area contributed by atoms with Gasteiger partial charge in [0.05, 0.1) is 14.2 Å². The van der Waals surface area contributed by atoms with Crippen molar-refractivity contribution in [3.63, 3.8) is 0 Å². The van der Waals surface area contributed by atoms with Crippen LogP contribution in [0.1, 0.15) is 35.7 Å². The van der Waals surface area contributed by atoms with Gasteiger partial charge in [-0.25, -0.2) is 0 Å². The molecule has 0 aromatic heterocycles. The van der Waals surface area contributed by atoms with Gasteiger partial charge in [-0.3, -0.25) is 9.59 Å². The quantitative estimate of drug-likeness (QED) is 0.709. The normalized spacial score (nSPS) is 10.2. The Hall–Kier alpha value is -3.02. The summed E-state index contributed by atoms with van der Waals surface area (Å²) in [6, 6.07) is 12.4. The van der Waals surface area contributed by atoms with E-state index in [1.54, 1.807) is 38.5 Å². The number of aryl methyl sites for hydroxylation is 1. The van der Waals surface area contributed by atoms with E-state index in [1.807, 2.05) is 25.1 Å². The summed E-state index contributed by atoms with van der Waals surface area (Å²) in [4.78, 5) is 24.3. The molecule has 0 unspecified atom stereocenters. The van der Waals surface area contributed by atoms with Crippen molar-refractivity contribution in [2.45, 2.75) is 26.2 Å². The molecular formula is C21H26N2O4. The number of nitrogens with one attached hydrogen (secondary N) is 2. The van der Waals surface area contributed by atoms with Crippen LogP contribution in [-0.2, 0) is 11.2 Å². The molecule has 0 saturated carbocycles.